The fraction of sp³-hybridized carbons (Fsp3) is 0. The van der Waals surface area contributed by atoms with Gasteiger partial charge in [0.25, 0.3) is 0 Å². The lowest BCUT2D eigenvalue weighted by Gasteiger charge is -2.10. The van der Waals surface area contributed by atoms with Crippen LogP contribution in [0.1, 0.15) is 0 Å². The molecule has 0 saturated heterocycles. The fourth-order valence-corrected chi connectivity index (χ4v) is 5.32. The maximum absolute atomic E-state index is 2.39. The normalized spacial score (nSPS) is 11.4. The van der Waals surface area contributed by atoms with Crippen molar-refractivity contribution in [1.82, 2.24) is 4.57 Å². The highest BCUT2D eigenvalue weighted by Gasteiger charge is 2.15. The summed E-state index contributed by atoms with van der Waals surface area (Å²) in [7, 11) is 0. The van der Waals surface area contributed by atoms with Crippen LogP contribution in [0.25, 0.3) is 60.5 Å². The first-order valence-corrected chi connectivity index (χ1v) is 12.0. The quantitative estimate of drug-likeness (QED) is 0.255. The zero-order valence-corrected chi connectivity index (χ0v) is 19.2. The van der Waals surface area contributed by atoms with Crippen molar-refractivity contribution in [3.8, 4) is 27.9 Å². The van der Waals surface area contributed by atoms with E-state index in [1.807, 2.05) is 0 Å². The molecule has 0 aliphatic rings. The van der Waals surface area contributed by atoms with E-state index in [0.717, 1.165) is 0 Å². The summed E-state index contributed by atoms with van der Waals surface area (Å²) < 4.78 is 2.39. The number of hydrogen-bond donors (Lipinski definition) is 0. The van der Waals surface area contributed by atoms with E-state index >= 15 is 0 Å². The smallest absolute Gasteiger partial charge is 0.0547 e. The van der Waals surface area contributed by atoms with Gasteiger partial charge in [-0.1, -0.05) is 109 Å². The Hall–Kier alpha value is -4.62. The number of aromatic nitrogens is 1. The standard InChI is InChI=1S/C34H23N/c1-3-9-24(10-4-1)26-15-19-29(20-16-26)35-32-14-8-7-13-31(32)34-30-21-17-27(25-11-5-2-6-12-25)23-28(30)18-22-33(34)35/h1-23H. The lowest BCUT2D eigenvalue weighted by Crippen LogP contribution is -1.93. The van der Waals surface area contributed by atoms with E-state index in [1.54, 1.807) is 0 Å². The third kappa shape index (κ3) is 3.25. The highest BCUT2D eigenvalue weighted by atomic mass is 15.0. The molecule has 0 fully saturated rings. The van der Waals surface area contributed by atoms with Gasteiger partial charge in [-0.15, -0.1) is 0 Å². The number of nitrogens with zero attached hydrogens (tertiary/aromatic N) is 1. The molecule has 0 unspecified atom stereocenters. The Labute approximate surface area is 204 Å². The highest BCUT2D eigenvalue weighted by Crippen LogP contribution is 2.38. The first-order valence-electron chi connectivity index (χ1n) is 12.0. The summed E-state index contributed by atoms with van der Waals surface area (Å²) in [6.07, 6.45) is 0. The van der Waals surface area contributed by atoms with Crippen molar-refractivity contribution in [3.05, 3.63) is 140 Å². The second kappa shape index (κ2) is 8.00. The van der Waals surface area contributed by atoms with E-state index in [4.69, 9.17) is 0 Å². The van der Waals surface area contributed by atoms with Crippen molar-refractivity contribution in [2.75, 3.05) is 0 Å². The van der Waals surface area contributed by atoms with Crippen LogP contribution in [0.4, 0.5) is 0 Å². The fourth-order valence-electron chi connectivity index (χ4n) is 5.32. The minimum absolute atomic E-state index is 1.18. The van der Waals surface area contributed by atoms with Crippen LogP contribution in [0.15, 0.2) is 140 Å². The van der Waals surface area contributed by atoms with Gasteiger partial charge in [0, 0.05) is 16.5 Å². The molecule has 0 atom stereocenters. The molecular weight excluding hydrogens is 422 g/mol. The van der Waals surface area contributed by atoms with Gasteiger partial charge in [0.15, 0.2) is 0 Å². The topological polar surface area (TPSA) is 4.93 Å². The molecule has 35 heavy (non-hydrogen) atoms. The maximum Gasteiger partial charge on any atom is 0.0547 e. The third-order valence-corrected chi connectivity index (χ3v) is 6.99. The van der Waals surface area contributed by atoms with Gasteiger partial charge in [-0.2, -0.15) is 0 Å². The molecule has 0 N–H and O–H groups in total. The van der Waals surface area contributed by atoms with E-state index in [-0.39, 0.29) is 0 Å². The molecule has 0 spiro atoms. The number of para-hydroxylation sites is 1. The summed E-state index contributed by atoms with van der Waals surface area (Å²) in [5.41, 5.74) is 8.60. The summed E-state index contributed by atoms with van der Waals surface area (Å²) in [4.78, 5) is 0. The van der Waals surface area contributed by atoms with E-state index in [1.165, 1.54) is 60.5 Å². The highest BCUT2D eigenvalue weighted by molar-refractivity contribution is 6.21. The van der Waals surface area contributed by atoms with E-state index in [0.29, 0.717) is 0 Å². The molecular formula is C34H23N. The van der Waals surface area contributed by atoms with Crippen molar-refractivity contribution in [2.45, 2.75) is 0 Å². The molecule has 1 aromatic heterocycles. The number of benzene rings is 6. The molecule has 7 rings (SSSR count). The van der Waals surface area contributed by atoms with Crippen LogP contribution in [-0.2, 0) is 0 Å². The van der Waals surface area contributed by atoms with Crippen molar-refractivity contribution >= 4 is 32.6 Å². The summed E-state index contributed by atoms with van der Waals surface area (Å²) in [5.74, 6) is 0. The molecule has 0 saturated carbocycles. The maximum atomic E-state index is 2.39. The Balaban J connectivity index is 1.44. The Morgan fingerprint density at radius 2 is 0.971 bits per heavy atom. The minimum Gasteiger partial charge on any atom is -0.309 e. The average Bonchev–Trinajstić information content (AvgIpc) is 3.28. The van der Waals surface area contributed by atoms with Gasteiger partial charge in [-0.3, -0.25) is 0 Å². The van der Waals surface area contributed by atoms with Gasteiger partial charge in [0.1, 0.15) is 0 Å². The van der Waals surface area contributed by atoms with Crippen LogP contribution >= 0.6 is 0 Å². The Bertz CT molecular complexity index is 1810. The molecule has 0 amide bonds. The van der Waals surface area contributed by atoms with Crippen LogP contribution in [0.2, 0.25) is 0 Å². The second-order valence-electron chi connectivity index (χ2n) is 9.03. The zero-order chi connectivity index (χ0) is 23.2. The summed E-state index contributed by atoms with van der Waals surface area (Å²) >= 11 is 0. The molecule has 1 nitrogen and oxygen atoms in total. The largest absolute Gasteiger partial charge is 0.309 e. The van der Waals surface area contributed by atoms with Crippen LogP contribution in [0.5, 0.6) is 0 Å². The van der Waals surface area contributed by atoms with E-state index < -0.39 is 0 Å². The first kappa shape index (κ1) is 19.8. The molecule has 0 aliphatic carbocycles. The van der Waals surface area contributed by atoms with E-state index in [2.05, 4.69) is 144 Å². The van der Waals surface area contributed by atoms with Gasteiger partial charge >= 0.3 is 0 Å². The molecule has 0 radical (unpaired) electrons. The van der Waals surface area contributed by atoms with Crippen LogP contribution in [0, 0.1) is 0 Å². The first-order chi connectivity index (χ1) is 17.4. The summed E-state index contributed by atoms with van der Waals surface area (Å²) in [5, 5.41) is 5.15. The third-order valence-electron chi connectivity index (χ3n) is 6.99. The molecule has 0 bridgehead atoms. The minimum atomic E-state index is 1.18. The van der Waals surface area contributed by atoms with Gasteiger partial charge in [0.05, 0.1) is 11.0 Å². The Kier molecular flexibility index (Phi) is 4.53. The molecule has 6 aromatic carbocycles. The monoisotopic (exact) mass is 445 g/mol. The van der Waals surface area contributed by atoms with Gasteiger partial charge in [-0.05, 0) is 63.4 Å². The van der Waals surface area contributed by atoms with Gasteiger partial charge < -0.3 is 4.57 Å². The summed E-state index contributed by atoms with van der Waals surface area (Å²) in [6.45, 7) is 0. The van der Waals surface area contributed by atoms with Crippen LogP contribution in [-0.4, -0.2) is 4.57 Å². The number of rotatable bonds is 3. The van der Waals surface area contributed by atoms with Crippen LogP contribution < -0.4 is 0 Å². The molecule has 1 heteroatoms. The zero-order valence-electron chi connectivity index (χ0n) is 19.2. The van der Waals surface area contributed by atoms with Gasteiger partial charge in [-0.25, -0.2) is 0 Å². The Morgan fingerprint density at radius 1 is 0.371 bits per heavy atom. The molecule has 164 valence electrons. The SMILES string of the molecule is c1ccc(-c2ccc(-n3c4ccccc4c4c5ccc(-c6ccccc6)cc5ccc43)cc2)cc1. The Morgan fingerprint density at radius 3 is 1.71 bits per heavy atom. The second-order valence-corrected chi connectivity index (χ2v) is 9.03. The van der Waals surface area contributed by atoms with Gasteiger partial charge in [0.2, 0.25) is 0 Å². The van der Waals surface area contributed by atoms with Crippen molar-refractivity contribution < 1.29 is 0 Å². The molecule has 7 aromatic rings. The lowest BCUT2D eigenvalue weighted by atomic mass is 9.98. The van der Waals surface area contributed by atoms with Crippen molar-refractivity contribution in [3.63, 3.8) is 0 Å². The van der Waals surface area contributed by atoms with Crippen molar-refractivity contribution in [1.29, 1.82) is 0 Å². The van der Waals surface area contributed by atoms with Crippen LogP contribution in [0.3, 0.4) is 0 Å². The predicted molar refractivity (Wildman–Crippen MR) is 149 cm³/mol. The van der Waals surface area contributed by atoms with Crippen molar-refractivity contribution in [2.24, 2.45) is 0 Å². The summed E-state index contributed by atoms with van der Waals surface area (Å²) in [6, 6.07) is 50.2. The molecule has 0 aliphatic heterocycles. The molecule has 1 heterocycles. The number of hydrogen-bond acceptors (Lipinski definition) is 0. The lowest BCUT2D eigenvalue weighted by molar-refractivity contribution is 1.18. The van der Waals surface area contributed by atoms with E-state index in [9.17, 15) is 0 Å². The number of fused-ring (bicyclic) bond motifs is 5. The average molecular weight is 446 g/mol. The predicted octanol–water partition coefficient (Wildman–Crippen LogP) is 9.27.